The van der Waals surface area contributed by atoms with Crippen LogP contribution in [0.3, 0.4) is 0 Å². The minimum Gasteiger partial charge on any atom is -0.493 e. The number of benzene rings is 1. The van der Waals surface area contributed by atoms with E-state index in [0.717, 1.165) is 48.4 Å². The lowest BCUT2D eigenvalue weighted by Gasteiger charge is -2.36. The van der Waals surface area contributed by atoms with Gasteiger partial charge in [0, 0.05) is 12.1 Å². The highest BCUT2D eigenvalue weighted by Crippen LogP contribution is 2.46. The van der Waals surface area contributed by atoms with Crippen LogP contribution in [0.2, 0.25) is 0 Å². The van der Waals surface area contributed by atoms with Gasteiger partial charge in [-0.1, -0.05) is 0 Å². The molecule has 2 atom stereocenters. The molecule has 0 aromatic heterocycles. The molecule has 5 nitrogen and oxygen atoms in total. The van der Waals surface area contributed by atoms with Gasteiger partial charge in [0.2, 0.25) is 0 Å². The van der Waals surface area contributed by atoms with E-state index < -0.39 is 0 Å². The molecule has 0 spiro atoms. The molecule has 0 amide bonds. The summed E-state index contributed by atoms with van der Waals surface area (Å²) in [6.07, 6.45) is 4.55. The van der Waals surface area contributed by atoms with Crippen LogP contribution in [-0.2, 0) is 11.2 Å². The lowest BCUT2D eigenvalue weighted by molar-refractivity contribution is 0.127. The molecule has 1 aromatic carbocycles. The molecule has 0 fully saturated rings. The highest BCUT2D eigenvalue weighted by molar-refractivity contribution is 6.12. The second-order valence-corrected chi connectivity index (χ2v) is 6.18. The van der Waals surface area contributed by atoms with Gasteiger partial charge in [0.25, 0.3) is 0 Å². The fourth-order valence-corrected chi connectivity index (χ4v) is 3.73. The Bertz CT molecular complexity index is 707. The van der Waals surface area contributed by atoms with E-state index in [1.165, 1.54) is 5.56 Å². The van der Waals surface area contributed by atoms with Crippen LogP contribution in [0.15, 0.2) is 17.1 Å². The van der Waals surface area contributed by atoms with Crippen molar-refractivity contribution in [2.45, 2.75) is 37.9 Å². The molecule has 3 heterocycles. The fourth-order valence-electron chi connectivity index (χ4n) is 3.73. The molecular weight excluding hydrogens is 294 g/mol. The SMILES string of the molecule is COc1cc2c3c(c1OC)/C1=C/C[C@H](O)CC[C@H](O1)C3=NCC2. The van der Waals surface area contributed by atoms with Crippen molar-refractivity contribution >= 4 is 11.5 Å². The van der Waals surface area contributed by atoms with Crippen molar-refractivity contribution in [2.24, 2.45) is 4.99 Å². The third-order valence-corrected chi connectivity index (χ3v) is 4.83. The molecule has 0 saturated heterocycles. The molecule has 0 radical (unpaired) electrons. The van der Waals surface area contributed by atoms with Crippen molar-refractivity contribution in [1.29, 1.82) is 0 Å². The highest BCUT2D eigenvalue weighted by atomic mass is 16.5. The van der Waals surface area contributed by atoms with E-state index in [1.807, 2.05) is 6.08 Å². The largest absolute Gasteiger partial charge is 0.493 e. The Balaban J connectivity index is 2.00. The van der Waals surface area contributed by atoms with Crippen molar-refractivity contribution in [3.63, 3.8) is 0 Å². The third kappa shape index (κ3) is 2.22. The van der Waals surface area contributed by atoms with Crippen LogP contribution in [0.4, 0.5) is 0 Å². The minimum absolute atomic E-state index is 0.0825. The van der Waals surface area contributed by atoms with Gasteiger partial charge in [-0.2, -0.15) is 0 Å². The number of ether oxygens (including phenoxy) is 3. The summed E-state index contributed by atoms with van der Waals surface area (Å²) in [6, 6.07) is 2.06. The van der Waals surface area contributed by atoms with Gasteiger partial charge < -0.3 is 19.3 Å². The summed E-state index contributed by atoms with van der Waals surface area (Å²) in [4.78, 5) is 4.74. The van der Waals surface area contributed by atoms with Crippen molar-refractivity contribution in [1.82, 2.24) is 0 Å². The summed E-state index contributed by atoms with van der Waals surface area (Å²) in [5.74, 6) is 2.18. The second-order valence-electron chi connectivity index (χ2n) is 6.18. The van der Waals surface area contributed by atoms with Crippen molar-refractivity contribution in [3.05, 3.63) is 28.8 Å². The highest BCUT2D eigenvalue weighted by Gasteiger charge is 2.38. The summed E-state index contributed by atoms with van der Waals surface area (Å²) < 4.78 is 17.4. The summed E-state index contributed by atoms with van der Waals surface area (Å²) >= 11 is 0. The van der Waals surface area contributed by atoms with E-state index in [2.05, 4.69) is 6.07 Å². The van der Waals surface area contributed by atoms with E-state index in [-0.39, 0.29) is 12.2 Å². The van der Waals surface area contributed by atoms with Crippen LogP contribution in [0.1, 0.15) is 36.0 Å². The lowest BCUT2D eigenvalue weighted by atomic mass is 9.83. The molecule has 0 unspecified atom stereocenters. The molecule has 1 aromatic rings. The number of aliphatic hydroxyl groups excluding tert-OH is 1. The average Bonchev–Trinajstić information content (AvgIpc) is 2.57. The van der Waals surface area contributed by atoms with Gasteiger partial charge in [-0.3, -0.25) is 4.99 Å². The number of fused-ring (bicyclic) bond motifs is 4. The van der Waals surface area contributed by atoms with E-state index >= 15 is 0 Å². The predicted octanol–water partition coefficient (Wildman–Crippen LogP) is 2.33. The normalized spacial score (nSPS) is 27.4. The summed E-state index contributed by atoms with van der Waals surface area (Å²) in [6.45, 7) is 0.763. The first kappa shape index (κ1) is 14.6. The first-order valence-corrected chi connectivity index (χ1v) is 8.10. The van der Waals surface area contributed by atoms with E-state index in [0.29, 0.717) is 17.9 Å². The molecule has 0 aliphatic carbocycles. The molecule has 3 aliphatic heterocycles. The quantitative estimate of drug-likeness (QED) is 0.910. The first-order valence-electron chi connectivity index (χ1n) is 8.10. The predicted molar refractivity (Wildman–Crippen MR) is 87.4 cm³/mol. The molecule has 4 rings (SSSR count). The maximum absolute atomic E-state index is 10.1. The minimum atomic E-state index is -0.335. The number of aliphatic imine (C=N–C) groups is 1. The summed E-state index contributed by atoms with van der Waals surface area (Å²) in [7, 11) is 3.29. The van der Waals surface area contributed by atoms with Gasteiger partial charge in [-0.05, 0) is 43.4 Å². The fraction of sp³-hybridized carbons (Fsp3) is 0.500. The number of rotatable bonds is 2. The van der Waals surface area contributed by atoms with Crippen molar-refractivity contribution in [2.75, 3.05) is 20.8 Å². The van der Waals surface area contributed by atoms with Gasteiger partial charge in [-0.15, -0.1) is 0 Å². The van der Waals surface area contributed by atoms with Gasteiger partial charge in [-0.25, -0.2) is 0 Å². The van der Waals surface area contributed by atoms with Crippen LogP contribution in [0, 0.1) is 0 Å². The molecule has 23 heavy (non-hydrogen) atoms. The van der Waals surface area contributed by atoms with E-state index in [4.69, 9.17) is 19.2 Å². The molecule has 0 saturated carbocycles. The van der Waals surface area contributed by atoms with Crippen molar-refractivity contribution < 1.29 is 19.3 Å². The standard InChI is InChI=1S/C18H21NO4/c1-21-14-9-10-7-8-19-17-13-6-4-11(20)3-5-12(23-13)16(15(10)17)18(14)22-2/h5,9,11,13,20H,3-4,6-8H2,1-2H3/b12-5-/t11-,13-/m0/s1. The Labute approximate surface area is 135 Å². The van der Waals surface area contributed by atoms with Gasteiger partial charge in [0.05, 0.1) is 31.6 Å². The Morgan fingerprint density at radius 1 is 1.22 bits per heavy atom. The molecule has 2 bridgehead atoms. The number of hydrogen-bond acceptors (Lipinski definition) is 5. The number of methoxy groups -OCH3 is 2. The summed E-state index contributed by atoms with van der Waals surface area (Å²) in [5, 5.41) is 10.1. The van der Waals surface area contributed by atoms with Gasteiger partial charge in [0.1, 0.15) is 11.9 Å². The molecular formula is C18H21NO4. The Morgan fingerprint density at radius 2 is 2.09 bits per heavy atom. The van der Waals surface area contributed by atoms with Crippen LogP contribution >= 0.6 is 0 Å². The maximum atomic E-state index is 10.1. The summed E-state index contributed by atoms with van der Waals surface area (Å²) in [5.41, 5.74) is 4.30. The monoisotopic (exact) mass is 315 g/mol. The van der Waals surface area contributed by atoms with Gasteiger partial charge in [0.15, 0.2) is 11.5 Å². The zero-order valence-corrected chi connectivity index (χ0v) is 13.5. The molecule has 5 heteroatoms. The zero-order valence-electron chi connectivity index (χ0n) is 13.5. The first-order chi connectivity index (χ1) is 11.2. The Morgan fingerprint density at radius 3 is 2.87 bits per heavy atom. The Hall–Kier alpha value is -2.01. The van der Waals surface area contributed by atoms with Crippen LogP contribution in [0.25, 0.3) is 5.76 Å². The van der Waals surface area contributed by atoms with Gasteiger partial charge >= 0.3 is 0 Å². The third-order valence-electron chi connectivity index (χ3n) is 4.83. The van der Waals surface area contributed by atoms with Crippen LogP contribution < -0.4 is 9.47 Å². The number of aliphatic hydroxyl groups is 1. The van der Waals surface area contributed by atoms with Crippen LogP contribution in [-0.4, -0.2) is 43.8 Å². The van der Waals surface area contributed by atoms with E-state index in [9.17, 15) is 5.11 Å². The number of hydrogen-bond donors (Lipinski definition) is 1. The molecule has 1 N–H and O–H groups in total. The second kappa shape index (κ2) is 5.57. The van der Waals surface area contributed by atoms with E-state index in [1.54, 1.807) is 14.2 Å². The average molecular weight is 315 g/mol. The smallest absolute Gasteiger partial charge is 0.172 e. The van der Waals surface area contributed by atoms with Crippen LogP contribution in [0.5, 0.6) is 11.5 Å². The number of nitrogens with zero attached hydrogens (tertiary/aromatic N) is 1. The van der Waals surface area contributed by atoms with Crippen molar-refractivity contribution in [3.8, 4) is 11.5 Å². The lowest BCUT2D eigenvalue weighted by Crippen LogP contribution is -2.35. The molecule has 3 aliphatic rings. The zero-order chi connectivity index (χ0) is 16.0. The maximum Gasteiger partial charge on any atom is 0.172 e. The topological polar surface area (TPSA) is 60.3 Å². The Kier molecular flexibility index (Phi) is 3.53. The molecule has 122 valence electrons.